The molecule has 31 heavy (non-hydrogen) atoms. The molecule has 0 aliphatic carbocycles. The third-order valence-corrected chi connectivity index (χ3v) is 6.81. The zero-order chi connectivity index (χ0) is 22.1. The van der Waals surface area contributed by atoms with E-state index in [0.717, 1.165) is 39.1 Å². The van der Waals surface area contributed by atoms with Gasteiger partial charge < -0.3 is 29.5 Å². The highest BCUT2D eigenvalue weighted by atomic mass is 16.2. The Hall–Kier alpha value is -2.46. The van der Waals surface area contributed by atoms with Gasteiger partial charge in [-0.25, -0.2) is 4.98 Å². The minimum atomic E-state index is -0.311. The molecule has 3 aliphatic heterocycles. The van der Waals surface area contributed by atoms with E-state index in [-0.39, 0.29) is 35.4 Å². The van der Waals surface area contributed by atoms with E-state index in [2.05, 4.69) is 27.1 Å². The van der Waals surface area contributed by atoms with Gasteiger partial charge in [0.1, 0.15) is 5.69 Å². The summed E-state index contributed by atoms with van der Waals surface area (Å²) in [5.41, 5.74) is 0.510. The van der Waals surface area contributed by atoms with Gasteiger partial charge in [0.25, 0.3) is 11.8 Å². The molecule has 0 spiro atoms. The molecule has 3 aliphatic rings. The molecule has 1 aromatic rings. The molecule has 10 heteroatoms. The second kappa shape index (κ2) is 8.96. The highest BCUT2D eigenvalue weighted by Crippen LogP contribution is 2.33. The number of nitrogens with one attached hydrogen (secondary N) is 1. The van der Waals surface area contributed by atoms with Crippen LogP contribution in [0, 0.1) is 5.92 Å². The molecule has 0 aromatic carbocycles. The van der Waals surface area contributed by atoms with Crippen LogP contribution < -0.4 is 5.32 Å². The average Bonchev–Trinajstić information content (AvgIpc) is 3.34. The molecule has 2 fully saturated rings. The summed E-state index contributed by atoms with van der Waals surface area (Å²) in [6.45, 7) is 9.03. The number of likely N-dealkylation sites (N-methyl/N-ethyl adjacent to an activating group) is 1. The second-order valence-electron chi connectivity index (χ2n) is 9.04. The third kappa shape index (κ3) is 4.45. The highest BCUT2D eigenvalue weighted by Gasteiger charge is 2.42. The van der Waals surface area contributed by atoms with Crippen molar-refractivity contribution in [2.24, 2.45) is 5.92 Å². The topological polar surface area (TPSA) is 94.0 Å². The first-order chi connectivity index (χ1) is 14.8. The summed E-state index contributed by atoms with van der Waals surface area (Å²) in [5, 5.41) is 2.94. The fraction of sp³-hybridized carbons (Fsp3) is 0.714. The van der Waals surface area contributed by atoms with E-state index in [1.54, 1.807) is 30.1 Å². The van der Waals surface area contributed by atoms with Crippen LogP contribution in [-0.2, 0) is 4.79 Å². The first-order valence-electron chi connectivity index (χ1n) is 11.1. The highest BCUT2D eigenvalue weighted by molar-refractivity contribution is 6.05. The standard InChI is InChI=1S/C21H33N7O3/c1-15(29)27-12-16-11-25(3)21(31)19-18(23-14-28(19)17(16)13-27)20(30)22-5-4-6-26-9-7-24(2)8-10-26/h14,16-17H,4-13H2,1-3H3,(H,22,30)/t16-,17+/m0/s1. The lowest BCUT2D eigenvalue weighted by atomic mass is 10.0. The van der Waals surface area contributed by atoms with Gasteiger partial charge in [-0.1, -0.05) is 0 Å². The predicted octanol–water partition coefficient (Wildman–Crippen LogP) is -0.645. The number of likely N-dealkylation sites (tertiary alicyclic amines) is 1. The van der Waals surface area contributed by atoms with Crippen LogP contribution in [0.2, 0.25) is 0 Å². The Labute approximate surface area is 183 Å². The second-order valence-corrected chi connectivity index (χ2v) is 9.04. The van der Waals surface area contributed by atoms with Crippen molar-refractivity contribution >= 4 is 17.7 Å². The lowest BCUT2D eigenvalue weighted by Crippen LogP contribution is -2.45. The summed E-state index contributed by atoms with van der Waals surface area (Å²) in [6, 6.07) is -0.0425. The van der Waals surface area contributed by atoms with Crippen molar-refractivity contribution in [2.45, 2.75) is 19.4 Å². The van der Waals surface area contributed by atoms with E-state index in [1.807, 2.05) is 4.57 Å². The molecular formula is C21H33N7O3. The molecule has 1 aromatic heterocycles. The summed E-state index contributed by atoms with van der Waals surface area (Å²) >= 11 is 0. The van der Waals surface area contributed by atoms with E-state index in [1.165, 1.54) is 0 Å². The lowest BCUT2D eigenvalue weighted by molar-refractivity contribution is -0.128. The number of rotatable bonds is 5. The Balaban J connectivity index is 1.41. The summed E-state index contributed by atoms with van der Waals surface area (Å²) in [4.78, 5) is 50.3. The Morgan fingerprint density at radius 1 is 1.13 bits per heavy atom. The molecular weight excluding hydrogens is 398 g/mol. The van der Waals surface area contributed by atoms with Crippen molar-refractivity contribution < 1.29 is 14.4 Å². The smallest absolute Gasteiger partial charge is 0.272 e. The molecule has 2 saturated heterocycles. The number of piperazine rings is 1. The minimum absolute atomic E-state index is 0.0297. The zero-order valence-corrected chi connectivity index (χ0v) is 18.7. The molecule has 2 atom stereocenters. The summed E-state index contributed by atoms with van der Waals surface area (Å²) in [5.74, 6) is -0.340. The summed E-state index contributed by atoms with van der Waals surface area (Å²) in [6.07, 6.45) is 2.45. The monoisotopic (exact) mass is 431 g/mol. The van der Waals surface area contributed by atoms with Gasteiger partial charge in [0.2, 0.25) is 5.91 Å². The van der Waals surface area contributed by atoms with Crippen molar-refractivity contribution in [3.05, 3.63) is 17.7 Å². The van der Waals surface area contributed by atoms with Crippen molar-refractivity contribution in [3.8, 4) is 0 Å². The van der Waals surface area contributed by atoms with Crippen LogP contribution in [0.3, 0.4) is 0 Å². The number of fused-ring (bicyclic) bond motifs is 3. The van der Waals surface area contributed by atoms with Gasteiger partial charge >= 0.3 is 0 Å². The van der Waals surface area contributed by atoms with Gasteiger partial charge in [-0.3, -0.25) is 14.4 Å². The quantitative estimate of drug-likeness (QED) is 0.623. The van der Waals surface area contributed by atoms with Crippen LogP contribution >= 0.6 is 0 Å². The molecule has 10 nitrogen and oxygen atoms in total. The molecule has 1 N–H and O–H groups in total. The minimum Gasteiger partial charge on any atom is -0.351 e. The van der Waals surface area contributed by atoms with Crippen LogP contribution in [0.25, 0.3) is 0 Å². The molecule has 0 unspecified atom stereocenters. The molecule has 3 amide bonds. The molecule has 0 radical (unpaired) electrons. The van der Waals surface area contributed by atoms with Crippen molar-refractivity contribution in [3.63, 3.8) is 0 Å². The van der Waals surface area contributed by atoms with Crippen LogP contribution in [-0.4, -0.2) is 120 Å². The van der Waals surface area contributed by atoms with Crippen LogP contribution in [0.1, 0.15) is 40.4 Å². The Morgan fingerprint density at radius 2 is 1.87 bits per heavy atom. The predicted molar refractivity (Wildman–Crippen MR) is 115 cm³/mol. The van der Waals surface area contributed by atoms with E-state index in [9.17, 15) is 14.4 Å². The van der Waals surface area contributed by atoms with Crippen molar-refractivity contribution in [1.82, 2.24) is 34.5 Å². The first-order valence-corrected chi connectivity index (χ1v) is 11.1. The molecule has 4 rings (SSSR count). The average molecular weight is 432 g/mol. The normalized spacial score (nSPS) is 24.7. The summed E-state index contributed by atoms with van der Waals surface area (Å²) < 4.78 is 1.82. The van der Waals surface area contributed by atoms with Crippen LogP contribution in [0.5, 0.6) is 0 Å². The molecule has 4 heterocycles. The zero-order valence-electron chi connectivity index (χ0n) is 18.7. The first kappa shape index (κ1) is 21.8. The number of aromatic nitrogens is 2. The molecule has 0 saturated carbocycles. The molecule has 170 valence electrons. The fourth-order valence-corrected chi connectivity index (χ4v) is 4.87. The van der Waals surface area contributed by atoms with Gasteiger partial charge in [0, 0.05) is 72.2 Å². The van der Waals surface area contributed by atoms with E-state index in [0.29, 0.717) is 31.9 Å². The van der Waals surface area contributed by atoms with Gasteiger partial charge in [0.15, 0.2) is 5.69 Å². The number of hydrogen-bond acceptors (Lipinski definition) is 6. The summed E-state index contributed by atoms with van der Waals surface area (Å²) in [7, 11) is 3.88. The SMILES string of the molecule is CC(=O)N1C[C@@H]2CN(C)C(=O)c3c(C(=O)NCCCN4CCN(C)CC4)ncn3[C@@H]2C1. The Morgan fingerprint density at radius 3 is 2.58 bits per heavy atom. The van der Waals surface area contributed by atoms with E-state index in [4.69, 9.17) is 0 Å². The maximum atomic E-state index is 13.0. The van der Waals surface area contributed by atoms with Crippen LogP contribution in [0.15, 0.2) is 6.33 Å². The Bertz CT molecular complexity index is 846. The van der Waals surface area contributed by atoms with Crippen LogP contribution in [0.4, 0.5) is 0 Å². The van der Waals surface area contributed by atoms with Gasteiger partial charge in [-0.2, -0.15) is 0 Å². The van der Waals surface area contributed by atoms with Crippen molar-refractivity contribution in [2.75, 3.05) is 73.0 Å². The number of imidazole rings is 1. The number of carbonyl (C=O) groups excluding carboxylic acids is 3. The number of hydrogen-bond donors (Lipinski definition) is 1. The number of nitrogens with zero attached hydrogens (tertiary/aromatic N) is 6. The maximum absolute atomic E-state index is 13.0. The van der Waals surface area contributed by atoms with E-state index >= 15 is 0 Å². The Kier molecular flexibility index (Phi) is 6.29. The third-order valence-electron chi connectivity index (χ3n) is 6.81. The van der Waals surface area contributed by atoms with Gasteiger partial charge in [0.05, 0.1) is 12.4 Å². The van der Waals surface area contributed by atoms with Crippen molar-refractivity contribution in [1.29, 1.82) is 0 Å². The fourth-order valence-electron chi connectivity index (χ4n) is 4.87. The number of amides is 3. The number of carbonyl (C=O) groups is 3. The largest absolute Gasteiger partial charge is 0.351 e. The molecule has 0 bridgehead atoms. The van der Waals surface area contributed by atoms with Gasteiger partial charge in [-0.05, 0) is 20.0 Å². The lowest BCUT2D eigenvalue weighted by Gasteiger charge is -2.32. The van der Waals surface area contributed by atoms with E-state index < -0.39 is 0 Å². The van der Waals surface area contributed by atoms with Gasteiger partial charge in [-0.15, -0.1) is 0 Å². The maximum Gasteiger partial charge on any atom is 0.272 e.